The van der Waals surface area contributed by atoms with Gasteiger partial charge in [0.1, 0.15) is 0 Å². The molecule has 0 spiro atoms. The number of hydrogen-bond acceptors (Lipinski definition) is 3. The molecule has 0 aliphatic rings. The number of carboxylic acids is 1. The minimum atomic E-state index is -3.29. The molecule has 1 N–H and O–H groups in total. The normalized spacial score (nSPS) is 11.7. The largest absolute Gasteiger partial charge is 0.481 e. The highest BCUT2D eigenvalue weighted by molar-refractivity contribution is 7.91. The molecular formula is C14H20O4S. The van der Waals surface area contributed by atoms with Crippen molar-refractivity contribution in [3.63, 3.8) is 0 Å². The van der Waals surface area contributed by atoms with Crippen molar-refractivity contribution in [2.45, 2.75) is 43.9 Å². The topological polar surface area (TPSA) is 71.4 Å². The van der Waals surface area contributed by atoms with Crippen LogP contribution in [0.4, 0.5) is 0 Å². The van der Waals surface area contributed by atoms with Gasteiger partial charge in [-0.1, -0.05) is 26.0 Å². The summed E-state index contributed by atoms with van der Waals surface area (Å²) in [6.07, 6.45) is 0.779. The summed E-state index contributed by atoms with van der Waals surface area (Å²) < 4.78 is 24.0. The van der Waals surface area contributed by atoms with Gasteiger partial charge in [-0.3, -0.25) is 4.79 Å². The van der Waals surface area contributed by atoms with Gasteiger partial charge in [-0.05, 0) is 36.5 Å². The van der Waals surface area contributed by atoms with Gasteiger partial charge in [0.05, 0.1) is 10.6 Å². The molecule has 19 heavy (non-hydrogen) atoms. The van der Waals surface area contributed by atoms with Crippen LogP contribution in [0.3, 0.4) is 0 Å². The van der Waals surface area contributed by atoms with Crippen LogP contribution in [0.5, 0.6) is 0 Å². The number of rotatable bonds is 7. The monoisotopic (exact) mass is 284 g/mol. The van der Waals surface area contributed by atoms with Crippen molar-refractivity contribution in [1.82, 2.24) is 0 Å². The second-order valence-corrected chi connectivity index (χ2v) is 7.00. The van der Waals surface area contributed by atoms with E-state index in [2.05, 4.69) is 13.8 Å². The maximum atomic E-state index is 12.0. The van der Waals surface area contributed by atoms with E-state index < -0.39 is 15.8 Å². The Morgan fingerprint density at radius 3 is 2.21 bits per heavy atom. The second-order valence-electron chi connectivity index (χ2n) is 4.89. The van der Waals surface area contributed by atoms with Gasteiger partial charge in [0, 0.05) is 6.42 Å². The number of benzene rings is 1. The molecule has 0 bridgehead atoms. The van der Waals surface area contributed by atoms with Crippen molar-refractivity contribution in [2.24, 2.45) is 0 Å². The van der Waals surface area contributed by atoms with Crippen LogP contribution in [0.1, 0.15) is 44.6 Å². The fraction of sp³-hybridized carbons (Fsp3) is 0.500. The van der Waals surface area contributed by atoms with Gasteiger partial charge in [-0.15, -0.1) is 0 Å². The van der Waals surface area contributed by atoms with E-state index in [1.165, 1.54) is 0 Å². The number of carbonyl (C=O) groups is 1. The fourth-order valence-electron chi connectivity index (χ4n) is 1.75. The summed E-state index contributed by atoms with van der Waals surface area (Å²) in [5.74, 6) is -0.521. The summed E-state index contributed by atoms with van der Waals surface area (Å²) in [5, 5.41) is 8.49. The average Bonchev–Trinajstić information content (AvgIpc) is 2.34. The first-order valence-electron chi connectivity index (χ1n) is 6.37. The molecule has 0 amide bonds. The van der Waals surface area contributed by atoms with Gasteiger partial charge < -0.3 is 5.11 Å². The maximum absolute atomic E-state index is 12.0. The first-order chi connectivity index (χ1) is 8.83. The lowest BCUT2D eigenvalue weighted by atomic mass is 10.0. The van der Waals surface area contributed by atoms with Gasteiger partial charge >= 0.3 is 5.97 Å². The lowest BCUT2D eigenvalue weighted by Gasteiger charge is -2.07. The molecule has 0 atom stereocenters. The Morgan fingerprint density at radius 1 is 1.16 bits per heavy atom. The summed E-state index contributed by atoms with van der Waals surface area (Å²) >= 11 is 0. The van der Waals surface area contributed by atoms with E-state index in [1.807, 2.05) is 12.1 Å². The van der Waals surface area contributed by atoms with Crippen LogP contribution in [-0.4, -0.2) is 25.2 Å². The number of hydrogen-bond donors (Lipinski definition) is 1. The highest BCUT2D eigenvalue weighted by atomic mass is 32.2. The number of unbranched alkanes of at least 4 members (excludes halogenated alkanes) is 1. The van der Waals surface area contributed by atoms with E-state index in [0.29, 0.717) is 23.7 Å². The third-order valence-corrected chi connectivity index (χ3v) is 4.78. The minimum absolute atomic E-state index is 0.00129. The molecule has 0 heterocycles. The second kappa shape index (κ2) is 6.70. The van der Waals surface area contributed by atoms with E-state index in [0.717, 1.165) is 5.56 Å². The van der Waals surface area contributed by atoms with E-state index in [9.17, 15) is 13.2 Å². The highest BCUT2D eigenvalue weighted by Gasteiger charge is 2.14. The Morgan fingerprint density at radius 2 is 1.74 bits per heavy atom. The van der Waals surface area contributed by atoms with E-state index in [4.69, 9.17) is 5.11 Å². The quantitative estimate of drug-likeness (QED) is 0.781. The Hall–Kier alpha value is -1.36. The standard InChI is InChI=1S/C14H20O4S/c1-11(2)12-6-8-13(9-7-12)19(17,18)10-4-3-5-14(15)16/h6-9,11H,3-5,10H2,1-2H3,(H,15,16). The maximum Gasteiger partial charge on any atom is 0.303 e. The van der Waals surface area contributed by atoms with Crippen LogP contribution in [0.25, 0.3) is 0 Å². The molecule has 106 valence electrons. The first-order valence-corrected chi connectivity index (χ1v) is 8.02. The zero-order valence-electron chi connectivity index (χ0n) is 11.3. The zero-order chi connectivity index (χ0) is 14.5. The lowest BCUT2D eigenvalue weighted by molar-refractivity contribution is -0.137. The van der Waals surface area contributed by atoms with Crippen molar-refractivity contribution < 1.29 is 18.3 Å². The van der Waals surface area contributed by atoms with Gasteiger partial charge in [-0.2, -0.15) is 0 Å². The molecule has 1 aromatic rings. The van der Waals surface area contributed by atoms with E-state index in [-0.39, 0.29) is 12.2 Å². The van der Waals surface area contributed by atoms with Crippen molar-refractivity contribution >= 4 is 15.8 Å². The Kier molecular flexibility index (Phi) is 5.54. The average molecular weight is 284 g/mol. The summed E-state index contributed by atoms with van der Waals surface area (Å²) in [6, 6.07) is 6.91. The predicted molar refractivity (Wildman–Crippen MR) is 74.1 cm³/mol. The lowest BCUT2D eigenvalue weighted by Crippen LogP contribution is -2.07. The van der Waals surface area contributed by atoms with Crippen LogP contribution in [0, 0.1) is 0 Å². The van der Waals surface area contributed by atoms with Crippen molar-refractivity contribution in [2.75, 3.05) is 5.75 Å². The van der Waals surface area contributed by atoms with Gasteiger partial charge in [0.15, 0.2) is 9.84 Å². The summed E-state index contributed by atoms with van der Waals surface area (Å²) in [5.41, 5.74) is 1.10. The first kappa shape index (κ1) is 15.7. The predicted octanol–water partition coefficient (Wildman–Crippen LogP) is 2.84. The molecule has 0 aliphatic heterocycles. The summed E-state index contributed by atoms with van der Waals surface area (Å²) in [4.78, 5) is 10.7. The van der Waals surface area contributed by atoms with Crippen LogP contribution in [0.15, 0.2) is 29.2 Å². The van der Waals surface area contributed by atoms with Gasteiger partial charge in [-0.25, -0.2) is 8.42 Å². The summed E-state index contributed by atoms with van der Waals surface area (Å²) in [6.45, 7) is 4.10. The van der Waals surface area contributed by atoms with Crippen molar-refractivity contribution in [3.8, 4) is 0 Å². The minimum Gasteiger partial charge on any atom is -0.481 e. The van der Waals surface area contributed by atoms with Gasteiger partial charge in [0.25, 0.3) is 0 Å². The molecule has 1 rings (SSSR count). The van der Waals surface area contributed by atoms with Gasteiger partial charge in [0.2, 0.25) is 0 Å². The van der Waals surface area contributed by atoms with Crippen LogP contribution < -0.4 is 0 Å². The molecule has 0 aromatic heterocycles. The SMILES string of the molecule is CC(C)c1ccc(S(=O)(=O)CCCCC(=O)O)cc1. The molecule has 0 aliphatic carbocycles. The fourth-order valence-corrected chi connectivity index (χ4v) is 3.12. The van der Waals surface area contributed by atoms with E-state index in [1.54, 1.807) is 12.1 Å². The Labute approximate surface area is 114 Å². The number of aliphatic carboxylic acids is 1. The van der Waals surface area contributed by atoms with Crippen molar-refractivity contribution in [1.29, 1.82) is 0 Å². The van der Waals surface area contributed by atoms with Crippen LogP contribution >= 0.6 is 0 Å². The van der Waals surface area contributed by atoms with Crippen molar-refractivity contribution in [3.05, 3.63) is 29.8 Å². The van der Waals surface area contributed by atoms with Crippen LogP contribution in [-0.2, 0) is 14.6 Å². The molecule has 5 heteroatoms. The highest BCUT2D eigenvalue weighted by Crippen LogP contribution is 2.19. The summed E-state index contributed by atoms with van der Waals surface area (Å²) in [7, 11) is -3.29. The third kappa shape index (κ3) is 5.03. The molecule has 0 fully saturated rings. The molecule has 0 radical (unpaired) electrons. The molecule has 0 saturated heterocycles. The molecule has 0 saturated carbocycles. The Balaban J connectivity index is 2.64. The third-order valence-electron chi connectivity index (χ3n) is 2.96. The molecule has 1 aromatic carbocycles. The smallest absolute Gasteiger partial charge is 0.303 e. The Bertz CT molecular complexity index is 515. The molecular weight excluding hydrogens is 264 g/mol. The zero-order valence-corrected chi connectivity index (χ0v) is 12.1. The van der Waals surface area contributed by atoms with Crippen LogP contribution in [0.2, 0.25) is 0 Å². The number of carboxylic acid groups (broad SMARTS) is 1. The molecule has 0 unspecified atom stereocenters. The van der Waals surface area contributed by atoms with E-state index >= 15 is 0 Å². The number of sulfone groups is 1. The molecule has 4 nitrogen and oxygen atoms in total.